The molecule has 0 aliphatic carbocycles. The van der Waals surface area contributed by atoms with E-state index in [1.165, 1.54) is 37.1 Å². The van der Waals surface area contributed by atoms with Crippen LogP contribution < -0.4 is 10.1 Å². The Morgan fingerprint density at radius 1 is 1.30 bits per heavy atom. The van der Waals surface area contributed by atoms with Crippen molar-refractivity contribution < 1.29 is 18.4 Å². The van der Waals surface area contributed by atoms with Crippen LogP contribution in [0.15, 0.2) is 35.4 Å². The van der Waals surface area contributed by atoms with Gasteiger partial charge in [0.1, 0.15) is 23.5 Å². The van der Waals surface area contributed by atoms with Crippen molar-refractivity contribution in [1.82, 2.24) is 9.97 Å². The van der Waals surface area contributed by atoms with Crippen molar-refractivity contribution in [2.45, 2.75) is 11.4 Å². The Bertz CT molecular complexity index is 1010. The van der Waals surface area contributed by atoms with Gasteiger partial charge in [-0.05, 0) is 24.5 Å². The average Bonchev–Trinajstić information content (AvgIpc) is 2.66. The number of anilines is 1. The van der Waals surface area contributed by atoms with E-state index in [9.17, 15) is 18.9 Å². The lowest BCUT2D eigenvalue weighted by Crippen LogP contribution is -2.08. The quantitative estimate of drug-likeness (QED) is 0.383. The number of hydrogen-bond acceptors (Lipinski definition) is 7. The molecule has 2 aromatic heterocycles. The van der Waals surface area contributed by atoms with Crippen LogP contribution in [0.5, 0.6) is 5.88 Å². The highest BCUT2D eigenvalue weighted by molar-refractivity contribution is 7.98. The number of benzene rings is 1. The minimum Gasteiger partial charge on any atom is -0.481 e. The van der Waals surface area contributed by atoms with Gasteiger partial charge in [0.2, 0.25) is 5.88 Å². The molecule has 0 saturated carbocycles. The van der Waals surface area contributed by atoms with Gasteiger partial charge < -0.3 is 10.1 Å². The first-order valence-corrected chi connectivity index (χ1v) is 8.91. The lowest BCUT2D eigenvalue weighted by atomic mass is 10.1. The second-order valence-electron chi connectivity index (χ2n) is 5.42. The van der Waals surface area contributed by atoms with E-state index in [4.69, 9.17) is 4.74 Å². The Kier molecular flexibility index (Phi) is 5.36. The van der Waals surface area contributed by atoms with Crippen LogP contribution >= 0.6 is 11.8 Å². The first-order valence-electron chi connectivity index (χ1n) is 7.68. The summed E-state index contributed by atoms with van der Waals surface area (Å²) in [4.78, 5) is 19.3. The van der Waals surface area contributed by atoms with Crippen molar-refractivity contribution in [3.63, 3.8) is 0 Å². The molecule has 0 amide bonds. The third-order valence-electron chi connectivity index (χ3n) is 3.88. The van der Waals surface area contributed by atoms with Crippen molar-refractivity contribution in [2.24, 2.45) is 0 Å². The number of pyridine rings is 2. The molecule has 0 aliphatic heterocycles. The van der Waals surface area contributed by atoms with Gasteiger partial charge in [-0.1, -0.05) is 0 Å². The van der Waals surface area contributed by atoms with Gasteiger partial charge in [-0.25, -0.2) is 13.8 Å². The summed E-state index contributed by atoms with van der Waals surface area (Å²) in [6.45, 7) is -0.279. The summed E-state index contributed by atoms with van der Waals surface area (Å²) in [5.74, 6) is -1.17. The van der Waals surface area contributed by atoms with Gasteiger partial charge in [-0.2, -0.15) is 4.98 Å². The molecule has 27 heavy (non-hydrogen) atoms. The molecule has 0 unspecified atom stereocenters. The third kappa shape index (κ3) is 3.75. The van der Waals surface area contributed by atoms with Gasteiger partial charge in [0, 0.05) is 28.5 Å². The molecule has 3 rings (SSSR count). The normalized spacial score (nSPS) is 10.8. The van der Waals surface area contributed by atoms with Crippen LogP contribution in [0.25, 0.3) is 11.0 Å². The number of fused-ring (bicyclic) bond motifs is 1. The number of nitro groups is 1. The van der Waals surface area contributed by atoms with Crippen LogP contribution in [0.3, 0.4) is 0 Å². The largest absolute Gasteiger partial charge is 0.481 e. The summed E-state index contributed by atoms with van der Waals surface area (Å²) >= 11 is 1.21. The van der Waals surface area contributed by atoms with Crippen LogP contribution in [-0.2, 0) is 6.54 Å². The number of hydrogen-bond donors (Lipinski definition) is 1. The van der Waals surface area contributed by atoms with E-state index in [2.05, 4.69) is 15.3 Å². The van der Waals surface area contributed by atoms with Crippen molar-refractivity contribution in [2.75, 3.05) is 18.7 Å². The number of methoxy groups -OCH3 is 1. The van der Waals surface area contributed by atoms with E-state index in [1.54, 1.807) is 12.3 Å². The van der Waals surface area contributed by atoms with E-state index in [1.807, 2.05) is 0 Å². The second kappa shape index (κ2) is 7.70. The molecule has 0 fully saturated rings. The van der Waals surface area contributed by atoms with E-state index in [0.29, 0.717) is 16.2 Å². The number of aromatic nitrogens is 2. The standard InChI is InChI=1S/C17H14F2N4O3S/c1-26-15-4-3-10-16(14(23(24)25)8-21-17(10)22-15)20-7-11-12(18)5-9(27-2)6-13(11)19/h3-6,8H,7H2,1-2H3,(H,20,21,22). The molecule has 0 saturated heterocycles. The summed E-state index contributed by atoms with van der Waals surface area (Å²) in [5, 5.41) is 14.4. The molecule has 10 heteroatoms. The molecule has 7 nitrogen and oxygen atoms in total. The number of nitrogens with zero attached hydrogens (tertiary/aromatic N) is 3. The number of nitrogens with one attached hydrogen (secondary N) is 1. The van der Waals surface area contributed by atoms with Crippen molar-refractivity contribution >= 4 is 34.2 Å². The Balaban J connectivity index is 2.03. The lowest BCUT2D eigenvalue weighted by Gasteiger charge is -2.12. The molecule has 0 bridgehead atoms. The van der Waals surface area contributed by atoms with E-state index in [-0.39, 0.29) is 29.1 Å². The fourth-order valence-electron chi connectivity index (χ4n) is 2.53. The number of ether oxygens (including phenoxy) is 1. The SMILES string of the molecule is COc1ccc2c(NCc3c(F)cc(SC)cc3F)c([N+](=O)[O-])cnc2n1. The monoisotopic (exact) mass is 392 g/mol. The molecular weight excluding hydrogens is 378 g/mol. The Morgan fingerprint density at radius 2 is 2.00 bits per heavy atom. The van der Waals surface area contributed by atoms with Crippen LogP contribution in [0.4, 0.5) is 20.2 Å². The predicted molar refractivity (Wildman–Crippen MR) is 98.2 cm³/mol. The van der Waals surface area contributed by atoms with E-state index < -0.39 is 16.6 Å². The topological polar surface area (TPSA) is 90.2 Å². The van der Waals surface area contributed by atoms with Gasteiger partial charge in [-0.15, -0.1) is 11.8 Å². The molecule has 0 spiro atoms. The number of halogens is 2. The van der Waals surface area contributed by atoms with Gasteiger partial charge >= 0.3 is 5.69 Å². The third-order valence-corrected chi connectivity index (χ3v) is 4.59. The van der Waals surface area contributed by atoms with Crippen molar-refractivity contribution in [1.29, 1.82) is 0 Å². The summed E-state index contributed by atoms with van der Waals surface area (Å²) < 4.78 is 33.4. The van der Waals surface area contributed by atoms with Crippen LogP contribution in [-0.4, -0.2) is 28.3 Å². The van der Waals surface area contributed by atoms with Gasteiger partial charge in [0.15, 0.2) is 5.65 Å². The van der Waals surface area contributed by atoms with Crippen molar-refractivity contribution in [3.8, 4) is 5.88 Å². The molecule has 0 aliphatic rings. The molecule has 140 valence electrons. The smallest absolute Gasteiger partial charge is 0.311 e. The molecule has 1 N–H and O–H groups in total. The Labute approximate surface area is 156 Å². The van der Waals surface area contributed by atoms with Gasteiger partial charge in [-0.3, -0.25) is 10.1 Å². The molecule has 2 heterocycles. The van der Waals surface area contributed by atoms with E-state index in [0.717, 1.165) is 6.20 Å². The van der Waals surface area contributed by atoms with Crippen molar-refractivity contribution in [3.05, 3.63) is 57.8 Å². The molecule has 0 atom stereocenters. The molecule has 1 aromatic carbocycles. The maximum atomic E-state index is 14.2. The van der Waals surface area contributed by atoms with Gasteiger partial charge in [0.25, 0.3) is 0 Å². The van der Waals surface area contributed by atoms with Crippen LogP contribution in [0.1, 0.15) is 5.56 Å². The first kappa shape index (κ1) is 18.8. The van der Waals surface area contributed by atoms with E-state index >= 15 is 0 Å². The number of rotatable bonds is 6. The zero-order valence-corrected chi connectivity index (χ0v) is 15.1. The van der Waals surface area contributed by atoms with Gasteiger partial charge in [0.05, 0.1) is 12.0 Å². The fourth-order valence-corrected chi connectivity index (χ4v) is 2.97. The minimum absolute atomic E-state index is 0.0768. The minimum atomic E-state index is -0.729. The zero-order valence-electron chi connectivity index (χ0n) is 14.3. The Hall–Kier alpha value is -3.01. The average molecular weight is 392 g/mol. The second-order valence-corrected chi connectivity index (χ2v) is 6.30. The summed E-state index contributed by atoms with van der Waals surface area (Å²) in [5.41, 5.74) is -0.251. The summed E-state index contributed by atoms with van der Waals surface area (Å²) in [6.07, 6.45) is 2.75. The maximum Gasteiger partial charge on any atom is 0.311 e. The highest BCUT2D eigenvalue weighted by Gasteiger charge is 2.20. The first-order chi connectivity index (χ1) is 12.9. The maximum absolute atomic E-state index is 14.2. The fraction of sp³-hybridized carbons (Fsp3) is 0.176. The molecule has 3 aromatic rings. The lowest BCUT2D eigenvalue weighted by molar-refractivity contribution is -0.384. The summed E-state index contributed by atoms with van der Waals surface area (Å²) in [7, 11) is 1.43. The molecular formula is C17H14F2N4O3S. The summed E-state index contributed by atoms with van der Waals surface area (Å²) in [6, 6.07) is 5.51. The van der Waals surface area contributed by atoms with Crippen LogP contribution in [0, 0.1) is 21.7 Å². The highest BCUT2D eigenvalue weighted by Crippen LogP contribution is 2.33. The molecule has 0 radical (unpaired) electrons. The number of thioether (sulfide) groups is 1. The van der Waals surface area contributed by atoms with Crippen LogP contribution in [0.2, 0.25) is 0 Å². The predicted octanol–water partition coefficient (Wildman–Crippen LogP) is 4.16. The highest BCUT2D eigenvalue weighted by atomic mass is 32.2. The zero-order chi connectivity index (χ0) is 19.6. The Morgan fingerprint density at radius 3 is 2.59 bits per heavy atom.